The van der Waals surface area contributed by atoms with Gasteiger partial charge in [0.2, 0.25) is 0 Å². The number of methoxy groups -OCH3 is 1. The Morgan fingerprint density at radius 3 is 2.46 bits per heavy atom. The minimum absolute atomic E-state index is 0.0990. The number of rotatable bonds is 1. The Hall–Kier alpha value is -0.530. The molecule has 0 amide bonds. The van der Waals surface area contributed by atoms with E-state index in [1.807, 2.05) is 0 Å². The van der Waals surface area contributed by atoms with Gasteiger partial charge in [-0.05, 0) is 47.8 Å². The molecule has 0 aromatic heterocycles. The lowest BCUT2D eigenvalue weighted by molar-refractivity contribution is -0.430. The van der Waals surface area contributed by atoms with Crippen LogP contribution in [0.3, 0.4) is 0 Å². The van der Waals surface area contributed by atoms with Crippen molar-refractivity contribution in [2.45, 2.75) is 6.42 Å². The van der Waals surface area contributed by atoms with Gasteiger partial charge in [-0.15, -0.1) is 0 Å². The van der Waals surface area contributed by atoms with Gasteiger partial charge in [-0.25, -0.2) is 0 Å². The van der Waals surface area contributed by atoms with E-state index in [4.69, 9.17) is 4.74 Å². The van der Waals surface area contributed by atoms with Gasteiger partial charge in [-0.2, -0.15) is 0 Å². The maximum Gasteiger partial charge on any atom is 0.312 e. The predicted octanol–water partition coefficient (Wildman–Crippen LogP) is 0.917. The molecular formula is C11H12O2. The van der Waals surface area contributed by atoms with Crippen LogP contribution in [-0.2, 0) is 9.53 Å². The number of carbonyl (C=O) groups excluding carboxylic acids is 1. The third kappa shape index (κ3) is 0.272. The van der Waals surface area contributed by atoms with Gasteiger partial charge in [0.25, 0.3) is 0 Å². The van der Waals surface area contributed by atoms with E-state index in [2.05, 4.69) is 0 Å². The van der Waals surface area contributed by atoms with Crippen LogP contribution in [0.2, 0.25) is 0 Å². The molecule has 2 heteroatoms. The van der Waals surface area contributed by atoms with Crippen molar-refractivity contribution < 1.29 is 9.53 Å². The Morgan fingerprint density at radius 1 is 1.23 bits per heavy atom. The van der Waals surface area contributed by atoms with E-state index in [0.717, 1.165) is 41.4 Å². The summed E-state index contributed by atoms with van der Waals surface area (Å²) in [7, 11) is 1.56. The molecule has 0 aliphatic heterocycles. The molecule has 0 spiro atoms. The first-order chi connectivity index (χ1) is 6.33. The van der Waals surface area contributed by atoms with Gasteiger partial charge >= 0.3 is 5.97 Å². The largest absolute Gasteiger partial charge is 0.469 e. The van der Waals surface area contributed by atoms with Gasteiger partial charge in [-0.1, -0.05) is 0 Å². The SMILES string of the molecule is COC(=O)C12C3[C@H]4C5CC([C@H]41)[C@@H]2[C@H]53. The molecule has 6 saturated carbocycles. The molecule has 6 aliphatic carbocycles. The van der Waals surface area contributed by atoms with Crippen molar-refractivity contribution in [3.8, 4) is 0 Å². The maximum absolute atomic E-state index is 11.7. The highest BCUT2D eigenvalue weighted by atomic mass is 16.5. The van der Waals surface area contributed by atoms with E-state index in [9.17, 15) is 4.79 Å². The second-order valence-corrected chi connectivity index (χ2v) is 5.72. The molecule has 13 heavy (non-hydrogen) atoms. The molecule has 0 heterocycles. The van der Waals surface area contributed by atoms with Gasteiger partial charge in [0.15, 0.2) is 0 Å². The Labute approximate surface area is 76.6 Å². The molecule has 0 N–H and O–H groups in total. The van der Waals surface area contributed by atoms with Crippen LogP contribution < -0.4 is 0 Å². The summed E-state index contributed by atoms with van der Waals surface area (Å²) < 4.78 is 4.98. The van der Waals surface area contributed by atoms with Crippen LogP contribution in [0, 0.1) is 46.8 Å². The van der Waals surface area contributed by atoms with Gasteiger partial charge in [0.1, 0.15) is 0 Å². The minimum atomic E-state index is 0.0990. The van der Waals surface area contributed by atoms with E-state index in [1.54, 1.807) is 7.11 Å². The molecule has 4 atom stereocenters. The Balaban J connectivity index is 1.68. The minimum Gasteiger partial charge on any atom is -0.469 e. The number of hydrogen-bond acceptors (Lipinski definition) is 2. The first-order valence-electron chi connectivity index (χ1n) is 5.42. The Morgan fingerprint density at radius 2 is 1.92 bits per heavy atom. The van der Waals surface area contributed by atoms with Gasteiger partial charge in [-0.3, -0.25) is 4.79 Å². The number of carbonyl (C=O) groups is 1. The molecule has 0 saturated heterocycles. The fourth-order valence-corrected chi connectivity index (χ4v) is 6.47. The van der Waals surface area contributed by atoms with Crippen molar-refractivity contribution >= 4 is 5.97 Å². The summed E-state index contributed by atoms with van der Waals surface area (Å²) in [5.74, 6) is 6.43. The molecule has 6 aliphatic rings. The highest BCUT2D eigenvalue weighted by molar-refractivity contribution is 5.85. The molecule has 2 nitrogen and oxygen atoms in total. The lowest BCUT2D eigenvalue weighted by atomic mass is 9.13. The normalized spacial score (nSPS) is 77.2. The van der Waals surface area contributed by atoms with Crippen LogP contribution >= 0.6 is 0 Å². The smallest absolute Gasteiger partial charge is 0.312 e. The second-order valence-electron chi connectivity index (χ2n) is 5.72. The lowest BCUT2D eigenvalue weighted by Crippen LogP contribution is -2.90. The van der Waals surface area contributed by atoms with Gasteiger partial charge in [0, 0.05) is 0 Å². The Kier molecular flexibility index (Phi) is 0.591. The second kappa shape index (κ2) is 1.27. The van der Waals surface area contributed by atoms with E-state index >= 15 is 0 Å². The summed E-state index contributed by atoms with van der Waals surface area (Å²) in [5.41, 5.74) is 0.0990. The summed E-state index contributed by atoms with van der Waals surface area (Å²) >= 11 is 0. The molecular weight excluding hydrogens is 164 g/mol. The standard InChI is InChI=1S/C11H12O2/c1-13-10(12)11-7-4-2-3-5(7)9(11)6(3)8(4)11/h3-9H,2H2,1H3/t3?,4?,5-,6-,7+,8+,9?,11?/m0/s1. The topological polar surface area (TPSA) is 26.3 Å². The van der Waals surface area contributed by atoms with Crippen molar-refractivity contribution in [3.63, 3.8) is 0 Å². The van der Waals surface area contributed by atoms with Crippen molar-refractivity contribution in [2.24, 2.45) is 46.8 Å². The lowest BCUT2D eigenvalue weighted by Gasteiger charge is -2.89. The van der Waals surface area contributed by atoms with Gasteiger partial charge < -0.3 is 4.74 Å². The molecule has 0 aromatic rings. The van der Waals surface area contributed by atoms with E-state index in [1.165, 1.54) is 6.42 Å². The molecule has 0 radical (unpaired) electrons. The van der Waals surface area contributed by atoms with Crippen molar-refractivity contribution in [1.29, 1.82) is 0 Å². The zero-order valence-corrected chi connectivity index (χ0v) is 7.57. The summed E-state index contributed by atoms with van der Waals surface area (Å²) in [5, 5.41) is 0. The monoisotopic (exact) mass is 176 g/mol. The van der Waals surface area contributed by atoms with E-state index < -0.39 is 0 Å². The average Bonchev–Trinajstić information content (AvgIpc) is 2.43. The van der Waals surface area contributed by atoms with E-state index in [-0.39, 0.29) is 11.4 Å². The summed E-state index contributed by atoms with van der Waals surface area (Å²) in [6, 6.07) is 0. The van der Waals surface area contributed by atoms with Gasteiger partial charge in [0.05, 0.1) is 12.5 Å². The fraction of sp³-hybridized carbons (Fsp3) is 0.909. The maximum atomic E-state index is 11.7. The molecule has 68 valence electrons. The first kappa shape index (κ1) is 6.05. The van der Waals surface area contributed by atoms with Crippen LogP contribution in [0.4, 0.5) is 0 Å². The van der Waals surface area contributed by atoms with Crippen LogP contribution in [-0.4, -0.2) is 13.1 Å². The van der Waals surface area contributed by atoms with Crippen LogP contribution in [0.5, 0.6) is 0 Å². The Bertz CT molecular complexity index is 337. The number of ether oxygens (including phenoxy) is 1. The zero-order chi connectivity index (χ0) is 8.53. The highest BCUT2D eigenvalue weighted by Crippen LogP contribution is 2.99. The highest BCUT2D eigenvalue weighted by Gasteiger charge is 3.00. The molecule has 6 rings (SSSR count). The van der Waals surface area contributed by atoms with E-state index in [0.29, 0.717) is 0 Å². The predicted molar refractivity (Wildman–Crippen MR) is 43.5 cm³/mol. The quantitative estimate of drug-likeness (QED) is 0.555. The van der Waals surface area contributed by atoms with Crippen LogP contribution in [0.1, 0.15) is 6.42 Å². The number of esters is 1. The van der Waals surface area contributed by atoms with Crippen molar-refractivity contribution in [1.82, 2.24) is 0 Å². The molecule has 0 unspecified atom stereocenters. The molecule has 6 fully saturated rings. The fourth-order valence-electron chi connectivity index (χ4n) is 6.47. The van der Waals surface area contributed by atoms with Crippen molar-refractivity contribution in [3.05, 3.63) is 0 Å². The summed E-state index contributed by atoms with van der Waals surface area (Å²) in [6.45, 7) is 0. The zero-order valence-electron chi connectivity index (χ0n) is 7.57. The third-order valence-electron chi connectivity index (χ3n) is 6.31. The van der Waals surface area contributed by atoms with Crippen LogP contribution in [0.15, 0.2) is 0 Å². The summed E-state index contributed by atoms with van der Waals surface area (Å²) in [4.78, 5) is 11.7. The first-order valence-corrected chi connectivity index (χ1v) is 5.42. The average molecular weight is 176 g/mol. The molecule has 0 aromatic carbocycles. The number of hydrogen-bond donors (Lipinski definition) is 0. The third-order valence-corrected chi connectivity index (χ3v) is 6.31. The van der Waals surface area contributed by atoms with Crippen LogP contribution in [0.25, 0.3) is 0 Å². The summed E-state index contributed by atoms with van der Waals surface area (Å²) in [6.07, 6.45) is 1.46. The van der Waals surface area contributed by atoms with Crippen molar-refractivity contribution in [2.75, 3.05) is 7.11 Å². The molecule has 2 bridgehead atoms.